The minimum absolute atomic E-state index is 0.339. The molecule has 0 spiro atoms. The minimum atomic E-state index is -0.339. The second-order valence-electron chi connectivity index (χ2n) is 4.97. The molecule has 96 valence electrons. The Morgan fingerprint density at radius 3 is 2.75 bits per heavy atom. The molecule has 0 unspecified atom stereocenters. The molecule has 3 heteroatoms. The molecule has 0 saturated heterocycles. The lowest BCUT2D eigenvalue weighted by Crippen LogP contribution is -2.01. The second-order valence-corrected chi connectivity index (χ2v) is 4.97. The van der Waals surface area contributed by atoms with Crippen molar-refractivity contribution in [1.29, 1.82) is 0 Å². The molecule has 0 aliphatic heterocycles. The molecular formula is C17H11NO2. The highest BCUT2D eigenvalue weighted by molar-refractivity contribution is 6.05. The van der Waals surface area contributed by atoms with Gasteiger partial charge in [0.05, 0.1) is 16.4 Å². The fourth-order valence-electron chi connectivity index (χ4n) is 2.54. The van der Waals surface area contributed by atoms with E-state index in [2.05, 4.69) is 4.98 Å². The number of hydrogen-bond acceptors (Lipinski definition) is 3. The van der Waals surface area contributed by atoms with Crippen LogP contribution in [0.25, 0.3) is 32.8 Å². The molecule has 2 aromatic carbocycles. The van der Waals surface area contributed by atoms with Gasteiger partial charge in [-0.3, -0.25) is 0 Å². The Morgan fingerprint density at radius 2 is 1.85 bits per heavy atom. The molecule has 2 aromatic heterocycles. The van der Waals surface area contributed by atoms with Gasteiger partial charge in [-0.1, -0.05) is 24.3 Å². The van der Waals surface area contributed by atoms with Gasteiger partial charge in [0.25, 0.3) is 0 Å². The standard InChI is InChI=1S/C17H11NO2/c1-10-6-7-11-9-13-16(18-14(11)8-10)12-4-2-3-5-15(12)20-17(13)19/h2-9H,1H3. The summed E-state index contributed by atoms with van der Waals surface area (Å²) in [7, 11) is 0. The summed E-state index contributed by atoms with van der Waals surface area (Å²) in [6.07, 6.45) is 0. The van der Waals surface area contributed by atoms with Crippen LogP contribution in [0.15, 0.2) is 57.7 Å². The third kappa shape index (κ3) is 1.53. The average molecular weight is 261 g/mol. The van der Waals surface area contributed by atoms with Crippen molar-refractivity contribution in [2.75, 3.05) is 0 Å². The van der Waals surface area contributed by atoms with Crippen molar-refractivity contribution in [3.8, 4) is 0 Å². The van der Waals surface area contributed by atoms with Gasteiger partial charge in [0, 0.05) is 10.8 Å². The molecule has 0 N–H and O–H groups in total. The lowest BCUT2D eigenvalue weighted by atomic mass is 10.1. The van der Waals surface area contributed by atoms with Crippen molar-refractivity contribution in [2.24, 2.45) is 0 Å². The summed E-state index contributed by atoms with van der Waals surface area (Å²) < 4.78 is 5.35. The van der Waals surface area contributed by atoms with Gasteiger partial charge in [0.2, 0.25) is 0 Å². The number of hydrogen-bond donors (Lipinski definition) is 0. The summed E-state index contributed by atoms with van der Waals surface area (Å²) in [5.41, 5.74) is 2.98. The third-order valence-corrected chi connectivity index (χ3v) is 3.54. The SMILES string of the molecule is Cc1ccc2cc3c(=O)oc4ccccc4c3nc2c1. The van der Waals surface area contributed by atoms with Crippen LogP contribution >= 0.6 is 0 Å². The van der Waals surface area contributed by atoms with E-state index in [0.717, 1.165) is 21.9 Å². The highest BCUT2D eigenvalue weighted by Gasteiger charge is 2.09. The van der Waals surface area contributed by atoms with Crippen LogP contribution in [0, 0.1) is 6.92 Å². The van der Waals surface area contributed by atoms with Gasteiger partial charge in [-0.05, 0) is 36.8 Å². The summed E-state index contributed by atoms with van der Waals surface area (Å²) >= 11 is 0. The minimum Gasteiger partial charge on any atom is -0.422 e. The molecule has 0 aliphatic rings. The van der Waals surface area contributed by atoms with Gasteiger partial charge >= 0.3 is 5.63 Å². The normalized spacial score (nSPS) is 11.4. The van der Waals surface area contributed by atoms with Crippen LogP contribution < -0.4 is 5.63 Å². The summed E-state index contributed by atoms with van der Waals surface area (Å²) in [5, 5.41) is 2.34. The van der Waals surface area contributed by atoms with Crippen molar-refractivity contribution < 1.29 is 4.42 Å². The fourth-order valence-corrected chi connectivity index (χ4v) is 2.54. The van der Waals surface area contributed by atoms with Crippen LogP contribution in [-0.2, 0) is 0 Å². The largest absolute Gasteiger partial charge is 0.422 e. The Morgan fingerprint density at radius 1 is 1.00 bits per heavy atom. The van der Waals surface area contributed by atoms with Crippen LogP contribution in [0.1, 0.15) is 5.56 Å². The first-order valence-electron chi connectivity index (χ1n) is 6.45. The number of aryl methyl sites for hydroxylation is 1. The van der Waals surface area contributed by atoms with Gasteiger partial charge < -0.3 is 4.42 Å². The quantitative estimate of drug-likeness (QED) is 0.275. The number of fused-ring (bicyclic) bond motifs is 4. The van der Waals surface area contributed by atoms with E-state index < -0.39 is 0 Å². The lowest BCUT2D eigenvalue weighted by Gasteiger charge is -2.04. The Balaban J connectivity index is 2.30. The second kappa shape index (κ2) is 3.90. The van der Waals surface area contributed by atoms with Gasteiger partial charge in [0.1, 0.15) is 5.58 Å². The molecule has 0 aliphatic carbocycles. The van der Waals surface area contributed by atoms with Crippen LogP contribution in [0.2, 0.25) is 0 Å². The first kappa shape index (κ1) is 11.2. The van der Waals surface area contributed by atoms with E-state index in [0.29, 0.717) is 16.5 Å². The summed E-state index contributed by atoms with van der Waals surface area (Å²) in [5.74, 6) is 0. The maximum absolute atomic E-state index is 12.1. The van der Waals surface area contributed by atoms with Crippen molar-refractivity contribution >= 4 is 32.8 Å². The first-order chi connectivity index (χ1) is 9.72. The van der Waals surface area contributed by atoms with Gasteiger partial charge in [-0.25, -0.2) is 9.78 Å². The van der Waals surface area contributed by atoms with Crippen molar-refractivity contribution in [3.05, 3.63) is 64.5 Å². The summed E-state index contributed by atoms with van der Waals surface area (Å²) in [6.45, 7) is 2.03. The number of rotatable bonds is 0. The van der Waals surface area contributed by atoms with E-state index in [1.54, 1.807) is 6.07 Å². The van der Waals surface area contributed by atoms with Crippen molar-refractivity contribution in [2.45, 2.75) is 6.92 Å². The predicted octanol–water partition coefficient (Wildman–Crippen LogP) is 3.80. The smallest absolute Gasteiger partial charge is 0.345 e. The monoisotopic (exact) mass is 261 g/mol. The van der Waals surface area contributed by atoms with Crippen LogP contribution in [0.3, 0.4) is 0 Å². The predicted molar refractivity (Wildman–Crippen MR) is 80.0 cm³/mol. The molecule has 4 rings (SSSR count). The summed E-state index contributed by atoms with van der Waals surface area (Å²) in [6, 6.07) is 15.4. The fraction of sp³-hybridized carbons (Fsp3) is 0.0588. The number of aromatic nitrogens is 1. The first-order valence-corrected chi connectivity index (χ1v) is 6.45. The van der Waals surface area contributed by atoms with E-state index in [1.807, 2.05) is 49.4 Å². The topological polar surface area (TPSA) is 43.1 Å². The van der Waals surface area contributed by atoms with Gasteiger partial charge in [-0.15, -0.1) is 0 Å². The third-order valence-electron chi connectivity index (χ3n) is 3.54. The molecule has 20 heavy (non-hydrogen) atoms. The molecule has 4 aromatic rings. The van der Waals surface area contributed by atoms with Crippen molar-refractivity contribution in [3.63, 3.8) is 0 Å². The molecule has 0 radical (unpaired) electrons. The maximum atomic E-state index is 12.1. The maximum Gasteiger partial charge on any atom is 0.345 e. The van der Waals surface area contributed by atoms with E-state index in [1.165, 1.54) is 0 Å². The zero-order valence-corrected chi connectivity index (χ0v) is 10.9. The summed E-state index contributed by atoms with van der Waals surface area (Å²) in [4.78, 5) is 16.8. The van der Waals surface area contributed by atoms with Crippen LogP contribution in [0.4, 0.5) is 0 Å². The molecule has 2 heterocycles. The molecule has 0 amide bonds. The van der Waals surface area contributed by atoms with Crippen LogP contribution in [-0.4, -0.2) is 4.98 Å². The van der Waals surface area contributed by atoms with E-state index in [-0.39, 0.29) is 5.63 Å². The number of nitrogens with zero attached hydrogens (tertiary/aromatic N) is 1. The zero-order valence-electron chi connectivity index (χ0n) is 10.9. The van der Waals surface area contributed by atoms with Gasteiger partial charge in [0.15, 0.2) is 0 Å². The molecule has 3 nitrogen and oxygen atoms in total. The van der Waals surface area contributed by atoms with Crippen LogP contribution in [0.5, 0.6) is 0 Å². The molecule has 0 atom stereocenters. The van der Waals surface area contributed by atoms with E-state index in [9.17, 15) is 4.79 Å². The Kier molecular flexibility index (Phi) is 2.18. The number of para-hydroxylation sites is 1. The Hall–Kier alpha value is -2.68. The zero-order chi connectivity index (χ0) is 13.7. The Bertz CT molecular complexity index is 1030. The average Bonchev–Trinajstić information content (AvgIpc) is 2.46. The molecule has 0 saturated carbocycles. The van der Waals surface area contributed by atoms with E-state index >= 15 is 0 Å². The van der Waals surface area contributed by atoms with E-state index in [4.69, 9.17) is 4.42 Å². The lowest BCUT2D eigenvalue weighted by molar-refractivity contribution is 0.569. The number of pyridine rings is 1. The Labute approximate surface area is 114 Å². The molecular weight excluding hydrogens is 250 g/mol. The molecule has 0 fully saturated rings. The highest BCUT2D eigenvalue weighted by Crippen LogP contribution is 2.24. The van der Waals surface area contributed by atoms with Crippen molar-refractivity contribution in [1.82, 2.24) is 4.98 Å². The molecule has 0 bridgehead atoms. The highest BCUT2D eigenvalue weighted by atomic mass is 16.4. The van der Waals surface area contributed by atoms with Gasteiger partial charge in [-0.2, -0.15) is 0 Å². The number of benzene rings is 2.